The van der Waals surface area contributed by atoms with Crippen molar-refractivity contribution < 1.29 is 18.3 Å². The van der Waals surface area contributed by atoms with Crippen molar-refractivity contribution in [1.29, 1.82) is 0 Å². The number of nitrogens with zero attached hydrogens (tertiary/aromatic N) is 2. The van der Waals surface area contributed by atoms with Crippen molar-refractivity contribution in [1.82, 2.24) is 9.88 Å². The van der Waals surface area contributed by atoms with E-state index in [1.54, 1.807) is 4.90 Å². The van der Waals surface area contributed by atoms with Crippen molar-refractivity contribution in [3.05, 3.63) is 53.2 Å². The first-order valence-electron chi connectivity index (χ1n) is 8.50. The van der Waals surface area contributed by atoms with Gasteiger partial charge in [0.25, 0.3) is 5.91 Å². The third-order valence-corrected chi connectivity index (χ3v) is 4.89. The molecule has 3 aromatic rings. The SMILES string of the molecule is CCN1Cc2nc3c(-c4cc(OC)ccc4F)c(F)ccc3c(N)c2C1=O. The molecule has 4 rings (SSSR count). The lowest BCUT2D eigenvalue weighted by Gasteiger charge is -2.13. The molecular formula is C20H17F2N3O2. The molecule has 2 N–H and O–H groups in total. The van der Waals surface area contributed by atoms with Gasteiger partial charge in [0.1, 0.15) is 17.4 Å². The minimum absolute atomic E-state index is 0.000738. The summed E-state index contributed by atoms with van der Waals surface area (Å²) >= 11 is 0. The number of carbonyl (C=O) groups excluding carboxylic acids is 1. The molecule has 1 aliphatic heterocycles. The molecule has 2 heterocycles. The number of amides is 1. The topological polar surface area (TPSA) is 68.5 Å². The smallest absolute Gasteiger partial charge is 0.258 e. The number of pyridine rings is 1. The summed E-state index contributed by atoms with van der Waals surface area (Å²) in [6, 6.07) is 6.77. The minimum Gasteiger partial charge on any atom is -0.497 e. The number of hydrogen-bond acceptors (Lipinski definition) is 4. The molecule has 138 valence electrons. The van der Waals surface area contributed by atoms with Crippen molar-refractivity contribution in [2.24, 2.45) is 0 Å². The van der Waals surface area contributed by atoms with Crippen LogP contribution in [0.15, 0.2) is 30.3 Å². The summed E-state index contributed by atoms with van der Waals surface area (Å²) in [5.41, 5.74) is 7.55. The summed E-state index contributed by atoms with van der Waals surface area (Å²) in [6.07, 6.45) is 0. The number of hydrogen-bond donors (Lipinski definition) is 1. The second kappa shape index (κ2) is 6.19. The van der Waals surface area contributed by atoms with E-state index in [0.29, 0.717) is 35.5 Å². The molecule has 27 heavy (non-hydrogen) atoms. The summed E-state index contributed by atoms with van der Waals surface area (Å²) in [5.74, 6) is -1.03. The highest BCUT2D eigenvalue weighted by Gasteiger charge is 2.32. The van der Waals surface area contributed by atoms with Gasteiger partial charge in [-0.05, 0) is 37.3 Å². The van der Waals surface area contributed by atoms with Gasteiger partial charge in [0.2, 0.25) is 0 Å². The van der Waals surface area contributed by atoms with Crippen molar-refractivity contribution >= 4 is 22.5 Å². The normalized spacial score (nSPS) is 13.3. The van der Waals surface area contributed by atoms with Crippen LogP contribution in [-0.4, -0.2) is 29.4 Å². The first kappa shape index (κ1) is 17.2. The first-order valence-corrected chi connectivity index (χ1v) is 8.50. The fraction of sp³-hybridized carbons (Fsp3) is 0.200. The van der Waals surface area contributed by atoms with Gasteiger partial charge in [-0.2, -0.15) is 0 Å². The van der Waals surface area contributed by atoms with Gasteiger partial charge in [-0.3, -0.25) is 4.79 Å². The van der Waals surface area contributed by atoms with Gasteiger partial charge in [0.15, 0.2) is 0 Å². The maximum atomic E-state index is 14.8. The lowest BCUT2D eigenvalue weighted by Crippen LogP contribution is -2.23. The van der Waals surface area contributed by atoms with Gasteiger partial charge in [-0.25, -0.2) is 13.8 Å². The average molecular weight is 369 g/mol. The predicted octanol–water partition coefficient (Wildman–Crippen LogP) is 3.75. The molecule has 5 nitrogen and oxygen atoms in total. The van der Waals surface area contributed by atoms with Crippen LogP contribution in [0, 0.1) is 11.6 Å². The number of nitrogen functional groups attached to an aromatic ring is 1. The Morgan fingerprint density at radius 2 is 1.93 bits per heavy atom. The Labute approximate surface area is 154 Å². The Morgan fingerprint density at radius 1 is 1.19 bits per heavy atom. The molecular weight excluding hydrogens is 352 g/mol. The van der Waals surface area contributed by atoms with Crippen LogP contribution < -0.4 is 10.5 Å². The average Bonchev–Trinajstić information content (AvgIpc) is 2.98. The van der Waals surface area contributed by atoms with Gasteiger partial charge >= 0.3 is 0 Å². The lowest BCUT2D eigenvalue weighted by atomic mass is 9.98. The molecule has 0 atom stereocenters. The van der Waals surface area contributed by atoms with Crippen LogP contribution in [0.2, 0.25) is 0 Å². The number of benzene rings is 2. The molecule has 1 aromatic heterocycles. The van der Waals surface area contributed by atoms with Crippen molar-refractivity contribution in [3.63, 3.8) is 0 Å². The van der Waals surface area contributed by atoms with Crippen LogP contribution in [0.4, 0.5) is 14.5 Å². The van der Waals surface area contributed by atoms with E-state index in [9.17, 15) is 13.6 Å². The third kappa shape index (κ3) is 2.50. The number of fused-ring (bicyclic) bond motifs is 2. The van der Waals surface area contributed by atoms with E-state index >= 15 is 0 Å². The van der Waals surface area contributed by atoms with E-state index in [1.165, 1.54) is 37.4 Å². The highest BCUT2D eigenvalue weighted by molar-refractivity contribution is 6.11. The maximum Gasteiger partial charge on any atom is 0.258 e. The molecule has 0 saturated carbocycles. The van der Waals surface area contributed by atoms with Crippen LogP contribution in [0.1, 0.15) is 23.0 Å². The van der Waals surface area contributed by atoms with E-state index in [1.807, 2.05) is 6.92 Å². The molecule has 7 heteroatoms. The Morgan fingerprint density at radius 3 is 2.63 bits per heavy atom. The fourth-order valence-corrected chi connectivity index (χ4v) is 3.48. The fourth-order valence-electron chi connectivity index (χ4n) is 3.48. The molecule has 1 aliphatic rings. The number of halogens is 2. The number of carbonyl (C=O) groups is 1. The number of ether oxygens (including phenoxy) is 1. The third-order valence-electron chi connectivity index (χ3n) is 4.89. The van der Waals surface area contributed by atoms with Gasteiger partial charge < -0.3 is 15.4 Å². The van der Waals surface area contributed by atoms with Gasteiger partial charge in [-0.1, -0.05) is 0 Å². The van der Waals surface area contributed by atoms with E-state index in [-0.39, 0.29) is 28.2 Å². The monoisotopic (exact) mass is 369 g/mol. The zero-order valence-electron chi connectivity index (χ0n) is 14.8. The molecule has 0 saturated heterocycles. The van der Waals surface area contributed by atoms with Crippen LogP contribution in [0.5, 0.6) is 5.75 Å². The standard InChI is InChI=1S/C20H17F2N3O2/c1-3-25-9-15-17(20(25)26)18(23)11-5-7-14(22)16(19(11)24-15)12-8-10(27-2)4-6-13(12)21/h4-8H,3,9H2,1-2H3,(H2,23,24). The molecule has 2 aromatic carbocycles. The van der Waals surface area contributed by atoms with Crippen molar-refractivity contribution in [2.45, 2.75) is 13.5 Å². The summed E-state index contributed by atoms with van der Waals surface area (Å²) in [4.78, 5) is 18.6. The van der Waals surface area contributed by atoms with Crippen molar-refractivity contribution in [2.75, 3.05) is 19.4 Å². The highest BCUT2D eigenvalue weighted by atomic mass is 19.1. The molecule has 0 radical (unpaired) electrons. The largest absolute Gasteiger partial charge is 0.497 e. The Hall–Kier alpha value is -3.22. The van der Waals surface area contributed by atoms with E-state index in [2.05, 4.69) is 4.98 Å². The Bertz CT molecular complexity index is 1100. The van der Waals surface area contributed by atoms with E-state index < -0.39 is 11.6 Å². The van der Waals surface area contributed by atoms with E-state index in [0.717, 1.165) is 0 Å². The predicted molar refractivity (Wildman–Crippen MR) is 98.5 cm³/mol. The number of methoxy groups -OCH3 is 1. The van der Waals surface area contributed by atoms with Gasteiger partial charge in [0.05, 0.1) is 36.1 Å². The molecule has 0 aliphatic carbocycles. The number of rotatable bonds is 3. The van der Waals surface area contributed by atoms with Gasteiger partial charge in [-0.15, -0.1) is 0 Å². The van der Waals surface area contributed by atoms with Gasteiger partial charge in [0, 0.05) is 23.1 Å². The minimum atomic E-state index is -0.627. The molecule has 0 bridgehead atoms. The second-order valence-corrected chi connectivity index (χ2v) is 6.33. The first-order chi connectivity index (χ1) is 13.0. The zero-order chi connectivity index (χ0) is 19.3. The summed E-state index contributed by atoms with van der Waals surface area (Å²) in [7, 11) is 1.45. The second-order valence-electron chi connectivity index (χ2n) is 6.33. The molecule has 0 unspecified atom stereocenters. The summed E-state index contributed by atoms with van der Waals surface area (Å²) in [5, 5.41) is 0.415. The maximum absolute atomic E-state index is 14.8. The quantitative estimate of drug-likeness (QED) is 0.764. The van der Waals surface area contributed by atoms with Crippen LogP contribution in [0.25, 0.3) is 22.0 Å². The zero-order valence-corrected chi connectivity index (χ0v) is 14.8. The molecule has 1 amide bonds. The van der Waals surface area contributed by atoms with Crippen molar-refractivity contribution in [3.8, 4) is 16.9 Å². The highest BCUT2D eigenvalue weighted by Crippen LogP contribution is 2.39. The summed E-state index contributed by atoms with van der Waals surface area (Å²) in [6.45, 7) is 2.66. The van der Waals surface area contributed by atoms with Crippen LogP contribution in [-0.2, 0) is 6.54 Å². The lowest BCUT2D eigenvalue weighted by molar-refractivity contribution is 0.0787. The van der Waals surface area contributed by atoms with Crippen LogP contribution in [0.3, 0.4) is 0 Å². The number of aromatic nitrogens is 1. The molecule has 0 spiro atoms. The Balaban J connectivity index is 2.05. The van der Waals surface area contributed by atoms with Crippen LogP contribution >= 0.6 is 0 Å². The van der Waals surface area contributed by atoms with E-state index in [4.69, 9.17) is 10.5 Å². The number of anilines is 1. The number of nitrogens with two attached hydrogens (primary N) is 1. The molecule has 0 fully saturated rings. The summed E-state index contributed by atoms with van der Waals surface area (Å²) < 4.78 is 34.4. The Kier molecular flexibility index (Phi) is 3.95.